The topological polar surface area (TPSA) is 124 Å². The average molecular weight is 583 g/mol. The van der Waals surface area contributed by atoms with Crippen LogP contribution in [0.25, 0.3) is 0 Å². The fraction of sp³-hybridized carbons (Fsp3) is 0.533. The lowest BCUT2D eigenvalue weighted by Crippen LogP contribution is -2.57. The third-order valence-electron chi connectivity index (χ3n) is 9.20. The molecule has 0 saturated heterocycles. The van der Waals surface area contributed by atoms with Crippen LogP contribution in [0.4, 0.5) is 10.3 Å². The zero-order valence-electron chi connectivity index (χ0n) is 23.7. The number of thiazole rings is 2. The molecular weight excluding hydrogens is 544 g/mol. The third-order valence-corrected chi connectivity index (χ3v) is 10.9. The van der Waals surface area contributed by atoms with Crippen LogP contribution in [0.1, 0.15) is 86.3 Å². The maximum absolute atomic E-state index is 13.2. The van der Waals surface area contributed by atoms with Gasteiger partial charge in [0.25, 0.3) is 5.91 Å². The Morgan fingerprint density at radius 2 is 1.85 bits per heavy atom. The van der Waals surface area contributed by atoms with Crippen molar-refractivity contribution in [3.8, 4) is 0 Å². The lowest BCUT2D eigenvalue weighted by atomic mass is 9.47. The lowest BCUT2D eigenvalue weighted by molar-refractivity contribution is -0.143. The number of amides is 2. The minimum atomic E-state index is -0.711. The molecule has 2 aromatic heterocycles. The number of aliphatic hydroxyl groups excluding tert-OH is 2. The summed E-state index contributed by atoms with van der Waals surface area (Å²) in [5.74, 6) is -0.689. The van der Waals surface area contributed by atoms with Gasteiger partial charge < -0.3 is 15.5 Å². The number of aliphatic hydroxyl groups is 2. The van der Waals surface area contributed by atoms with E-state index >= 15 is 0 Å². The largest absolute Gasteiger partial charge is 0.396 e. The Labute approximate surface area is 243 Å². The summed E-state index contributed by atoms with van der Waals surface area (Å²) < 4.78 is 0. The number of fused-ring (bicyclic) bond motifs is 2. The van der Waals surface area contributed by atoms with Crippen molar-refractivity contribution < 1.29 is 19.8 Å². The molecule has 10 heteroatoms. The predicted octanol–water partition coefficient (Wildman–Crippen LogP) is 5.59. The number of nitrogens with one attached hydrogen (secondary N) is 2. The van der Waals surface area contributed by atoms with Crippen molar-refractivity contribution in [3.05, 3.63) is 57.5 Å². The van der Waals surface area contributed by atoms with Crippen molar-refractivity contribution in [3.63, 3.8) is 0 Å². The standard InChI is InChI=1S/C30H38N4O4S2/c1-28(2,3)18-8-6-17(7-9-18)25(38)34-27-33-24-19(14-23(37)32-26-31-12-13-39-26)29(4)11-10-22(36)30(5,16-35)21(29)15-20(24)40-27/h6-9,12-13,19,21-22,35-36H,10-11,14-16H2,1-5H3,(H,31,32,37)(H,33,34,38). The predicted molar refractivity (Wildman–Crippen MR) is 159 cm³/mol. The Hall–Kier alpha value is -2.66. The first-order chi connectivity index (χ1) is 18.8. The monoisotopic (exact) mass is 582 g/mol. The molecule has 1 saturated carbocycles. The van der Waals surface area contributed by atoms with Gasteiger partial charge in [-0.25, -0.2) is 9.97 Å². The molecule has 4 N–H and O–H groups in total. The van der Waals surface area contributed by atoms with E-state index in [1.165, 1.54) is 22.7 Å². The van der Waals surface area contributed by atoms with Crippen molar-refractivity contribution in [2.24, 2.45) is 16.7 Å². The van der Waals surface area contributed by atoms with E-state index in [0.717, 1.165) is 16.1 Å². The molecule has 214 valence electrons. The second-order valence-electron chi connectivity index (χ2n) is 12.7. The second kappa shape index (κ2) is 10.6. The van der Waals surface area contributed by atoms with E-state index in [0.29, 0.717) is 35.1 Å². The number of carbonyl (C=O) groups is 2. The SMILES string of the molecule is CC(C)(C)c1ccc(C(=O)Nc2nc3c(s2)CC2C(C)(CO)C(O)CCC2(C)C3CC(=O)Nc2nccs2)cc1. The molecule has 2 aliphatic carbocycles. The van der Waals surface area contributed by atoms with E-state index in [-0.39, 0.29) is 47.5 Å². The van der Waals surface area contributed by atoms with Gasteiger partial charge in [0.05, 0.1) is 18.4 Å². The molecule has 2 amide bonds. The Bertz CT molecular complexity index is 1380. The number of nitrogens with zero attached hydrogens (tertiary/aromatic N) is 2. The number of aromatic nitrogens is 2. The van der Waals surface area contributed by atoms with Crippen LogP contribution < -0.4 is 10.6 Å². The molecule has 3 aromatic rings. The van der Waals surface area contributed by atoms with Crippen molar-refractivity contribution >= 4 is 44.8 Å². The van der Waals surface area contributed by atoms with Gasteiger partial charge in [-0.3, -0.25) is 14.9 Å². The highest BCUT2D eigenvalue weighted by atomic mass is 32.1. The van der Waals surface area contributed by atoms with E-state index in [1.54, 1.807) is 6.20 Å². The van der Waals surface area contributed by atoms with Crippen molar-refractivity contribution in [1.29, 1.82) is 0 Å². The average Bonchev–Trinajstić information content (AvgIpc) is 3.56. The summed E-state index contributed by atoms with van der Waals surface area (Å²) in [5.41, 5.74) is 1.44. The molecule has 8 nitrogen and oxygen atoms in total. The normalized spacial score (nSPS) is 27.9. The first-order valence-electron chi connectivity index (χ1n) is 13.7. The van der Waals surface area contributed by atoms with Crippen LogP contribution in [0.15, 0.2) is 35.8 Å². The van der Waals surface area contributed by atoms with Crippen LogP contribution in [0.2, 0.25) is 0 Å². The van der Waals surface area contributed by atoms with Gasteiger partial charge in [-0.2, -0.15) is 0 Å². The summed E-state index contributed by atoms with van der Waals surface area (Å²) in [5, 5.41) is 30.2. The fourth-order valence-corrected chi connectivity index (χ4v) is 8.24. The van der Waals surface area contributed by atoms with Crippen LogP contribution in [-0.4, -0.2) is 44.7 Å². The summed E-state index contributed by atoms with van der Waals surface area (Å²) >= 11 is 2.79. The molecule has 40 heavy (non-hydrogen) atoms. The Balaban J connectivity index is 1.46. The van der Waals surface area contributed by atoms with Crippen LogP contribution in [0.3, 0.4) is 0 Å². The first kappa shape index (κ1) is 28.9. The van der Waals surface area contributed by atoms with Gasteiger partial charge in [0.15, 0.2) is 10.3 Å². The molecule has 0 spiro atoms. The second-order valence-corrected chi connectivity index (χ2v) is 14.7. The Morgan fingerprint density at radius 1 is 1.12 bits per heavy atom. The summed E-state index contributed by atoms with van der Waals surface area (Å²) in [6.07, 6.45) is 3.09. The summed E-state index contributed by atoms with van der Waals surface area (Å²) in [7, 11) is 0. The Morgan fingerprint density at radius 3 is 2.48 bits per heavy atom. The maximum Gasteiger partial charge on any atom is 0.257 e. The molecule has 5 rings (SSSR count). The van der Waals surface area contributed by atoms with Crippen LogP contribution in [0.5, 0.6) is 0 Å². The molecule has 0 bridgehead atoms. The van der Waals surface area contributed by atoms with Gasteiger partial charge >= 0.3 is 0 Å². The molecule has 1 fully saturated rings. The van der Waals surface area contributed by atoms with Crippen LogP contribution in [-0.2, 0) is 16.6 Å². The van der Waals surface area contributed by atoms with E-state index < -0.39 is 11.5 Å². The number of carbonyl (C=O) groups excluding carboxylic acids is 2. The summed E-state index contributed by atoms with van der Waals surface area (Å²) in [4.78, 5) is 36.5. The molecule has 0 radical (unpaired) electrons. The molecule has 2 aliphatic rings. The molecular formula is C30H38N4O4S2. The number of anilines is 2. The van der Waals surface area contributed by atoms with Gasteiger partial charge in [0.1, 0.15) is 0 Å². The highest BCUT2D eigenvalue weighted by Crippen LogP contribution is 2.62. The van der Waals surface area contributed by atoms with Crippen molar-refractivity contribution in [1.82, 2.24) is 9.97 Å². The van der Waals surface area contributed by atoms with Gasteiger partial charge in [-0.15, -0.1) is 22.7 Å². The summed E-state index contributed by atoms with van der Waals surface area (Å²) in [6.45, 7) is 10.4. The zero-order chi connectivity index (χ0) is 28.9. The highest BCUT2D eigenvalue weighted by molar-refractivity contribution is 7.16. The van der Waals surface area contributed by atoms with Gasteiger partial charge in [0, 0.05) is 39.8 Å². The van der Waals surface area contributed by atoms with Crippen LogP contribution >= 0.6 is 22.7 Å². The first-order valence-corrected chi connectivity index (χ1v) is 15.4. The number of benzene rings is 1. The molecule has 5 atom stereocenters. The van der Waals surface area contributed by atoms with Crippen molar-refractivity contribution in [2.75, 3.05) is 17.2 Å². The quantitative estimate of drug-likeness (QED) is 0.300. The number of hydrogen-bond donors (Lipinski definition) is 4. The lowest BCUT2D eigenvalue weighted by Gasteiger charge is -2.58. The van der Waals surface area contributed by atoms with Gasteiger partial charge in [-0.05, 0) is 53.7 Å². The number of hydrogen-bond acceptors (Lipinski definition) is 8. The smallest absolute Gasteiger partial charge is 0.257 e. The Kier molecular flexibility index (Phi) is 7.67. The van der Waals surface area contributed by atoms with E-state index in [1.807, 2.05) is 36.6 Å². The zero-order valence-corrected chi connectivity index (χ0v) is 25.3. The van der Waals surface area contributed by atoms with Gasteiger partial charge in [0.2, 0.25) is 5.91 Å². The third kappa shape index (κ3) is 5.22. The molecule has 1 aromatic carbocycles. The summed E-state index contributed by atoms with van der Waals surface area (Å²) in [6, 6.07) is 7.62. The number of rotatable bonds is 6. The fourth-order valence-electron chi connectivity index (χ4n) is 6.63. The van der Waals surface area contributed by atoms with Crippen LogP contribution in [0, 0.1) is 16.7 Å². The minimum absolute atomic E-state index is 0.00618. The molecule has 2 heterocycles. The molecule has 0 aliphatic heterocycles. The minimum Gasteiger partial charge on any atom is -0.396 e. The molecule has 5 unspecified atom stereocenters. The van der Waals surface area contributed by atoms with E-state index in [9.17, 15) is 19.8 Å². The van der Waals surface area contributed by atoms with E-state index in [2.05, 4.69) is 43.3 Å². The van der Waals surface area contributed by atoms with Gasteiger partial charge in [-0.1, -0.05) is 46.8 Å². The maximum atomic E-state index is 13.2. The highest BCUT2D eigenvalue weighted by Gasteiger charge is 2.59. The van der Waals surface area contributed by atoms with E-state index in [4.69, 9.17) is 4.98 Å². The van der Waals surface area contributed by atoms with Crippen molar-refractivity contribution in [2.45, 2.75) is 77.7 Å².